The van der Waals surface area contributed by atoms with Crippen molar-refractivity contribution < 1.29 is 0 Å². The van der Waals surface area contributed by atoms with Gasteiger partial charge in [0.1, 0.15) is 0 Å². The average Bonchev–Trinajstić information content (AvgIpc) is 2.39. The van der Waals surface area contributed by atoms with Crippen LogP contribution in [0.1, 0.15) is 5.56 Å². The molecule has 2 rings (SSSR count). The first-order valence-corrected chi connectivity index (χ1v) is 8.75. The molecule has 1 heterocycles. The van der Waals surface area contributed by atoms with Crippen molar-refractivity contribution in [1.29, 1.82) is 0 Å². The Morgan fingerprint density at radius 1 is 1.00 bits per heavy atom. The molecule has 0 atom stereocenters. The molecule has 94 valence electrons. The molecule has 1 fully saturated rings. The first kappa shape index (κ1) is 13.3. The van der Waals surface area contributed by atoms with Crippen LogP contribution < -0.4 is 0 Å². The van der Waals surface area contributed by atoms with Crippen LogP contribution in [-0.2, 0) is 6.54 Å². The summed E-state index contributed by atoms with van der Waals surface area (Å²) in [5.74, 6) is 1.17. The Morgan fingerprint density at radius 2 is 1.65 bits per heavy atom. The number of piperazine rings is 1. The summed E-state index contributed by atoms with van der Waals surface area (Å²) >= 11 is 0. The number of hydrogen-bond acceptors (Lipinski definition) is 4. The smallest absolute Gasteiger partial charge is 0.0549 e. The minimum Gasteiger partial charge on any atom is -0.297 e. The van der Waals surface area contributed by atoms with Crippen molar-refractivity contribution in [2.45, 2.75) is 6.54 Å². The van der Waals surface area contributed by atoms with Gasteiger partial charge in [-0.05, 0) is 11.8 Å². The highest BCUT2D eigenvalue weighted by Crippen LogP contribution is 2.19. The number of nitrogens with zero attached hydrogens (tertiary/aromatic N) is 2. The zero-order chi connectivity index (χ0) is 11.9. The average molecular weight is 268 g/mol. The number of benzene rings is 1. The molecule has 0 unspecified atom stereocenters. The fourth-order valence-electron chi connectivity index (χ4n) is 2.05. The van der Waals surface area contributed by atoms with Crippen LogP contribution in [0.2, 0.25) is 0 Å². The Labute approximate surface area is 112 Å². The van der Waals surface area contributed by atoms with Crippen LogP contribution in [0.25, 0.3) is 0 Å². The predicted octanol–water partition coefficient (Wildman–Crippen LogP) is 2.77. The van der Waals surface area contributed by atoms with E-state index in [2.05, 4.69) is 46.4 Å². The second-order valence-electron chi connectivity index (χ2n) is 4.29. The van der Waals surface area contributed by atoms with Gasteiger partial charge in [0.2, 0.25) is 0 Å². The zero-order valence-electron chi connectivity index (χ0n) is 10.3. The van der Waals surface area contributed by atoms with Crippen LogP contribution in [0, 0.1) is 0 Å². The molecular weight excluding hydrogens is 248 g/mol. The molecule has 0 amide bonds. The van der Waals surface area contributed by atoms with Crippen molar-refractivity contribution in [2.75, 3.05) is 38.3 Å². The molecule has 0 bridgehead atoms. The van der Waals surface area contributed by atoms with Gasteiger partial charge in [0, 0.05) is 32.7 Å². The Morgan fingerprint density at radius 3 is 2.29 bits per heavy atom. The van der Waals surface area contributed by atoms with Crippen molar-refractivity contribution in [3.05, 3.63) is 35.9 Å². The molecule has 0 aromatic heterocycles. The number of hydrogen-bond donors (Lipinski definition) is 0. The minimum absolute atomic E-state index is 1.10. The van der Waals surface area contributed by atoms with Gasteiger partial charge in [-0.2, -0.15) is 0 Å². The van der Waals surface area contributed by atoms with E-state index in [1.54, 1.807) is 0 Å². The van der Waals surface area contributed by atoms with E-state index in [0.717, 1.165) is 6.54 Å². The molecule has 1 aromatic rings. The molecule has 1 aromatic carbocycles. The predicted molar refractivity (Wildman–Crippen MR) is 79.3 cm³/mol. The van der Waals surface area contributed by atoms with E-state index in [9.17, 15) is 0 Å². The summed E-state index contributed by atoms with van der Waals surface area (Å²) in [5.41, 5.74) is 1.43. The van der Waals surface area contributed by atoms with Crippen molar-refractivity contribution in [3.63, 3.8) is 0 Å². The second-order valence-corrected chi connectivity index (χ2v) is 6.83. The molecule has 4 heteroatoms. The standard InChI is InChI=1S/C13H20N2S2/c1-16-17-12-15-9-7-14(8-10-15)11-13-5-3-2-4-6-13/h2-6H,7-12H2,1H3. The van der Waals surface area contributed by atoms with Crippen molar-refractivity contribution in [1.82, 2.24) is 9.80 Å². The molecule has 1 aliphatic heterocycles. The molecule has 0 radical (unpaired) electrons. The summed E-state index contributed by atoms with van der Waals surface area (Å²) < 4.78 is 0. The molecule has 0 N–H and O–H groups in total. The molecule has 2 nitrogen and oxygen atoms in total. The lowest BCUT2D eigenvalue weighted by Crippen LogP contribution is -2.45. The Bertz CT molecular complexity index is 310. The molecule has 1 saturated heterocycles. The molecule has 0 saturated carbocycles. The van der Waals surface area contributed by atoms with E-state index >= 15 is 0 Å². The van der Waals surface area contributed by atoms with Crippen LogP contribution in [0.4, 0.5) is 0 Å². The van der Waals surface area contributed by atoms with E-state index in [4.69, 9.17) is 0 Å². The van der Waals surface area contributed by atoms with Gasteiger partial charge in [0.05, 0.1) is 5.88 Å². The highest BCUT2D eigenvalue weighted by molar-refractivity contribution is 8.76. The van der Waals surface area contributed by atoms with Gasteiger partial charge in [-0.15, -0.1) is 0 Å². The fourth-order valence-corrected chi connectivity index (χ4v) is 3.32. The first-order chi connectivity index (χ1) is 8.38. The monoisotopic (exact) mass is 268 g/mol. The quantitative estimate of drug-likeness (QED) is 0.757. The van der Waals surface area contributed by atoms with Gasteiger partial charge < -0.3 is 0 Å². The SMILES string of the molecule is CSSCN1CCN(Cc2ccccc2)CC1. The fraction of sp³-hybridized carbons (Fsp3) is 0.538. The molecular formula is C13H20N2S2. The van der Waals surface area contributed by atoms with Crippen LogP contribution in [0.15, 0.2) is 30.3 Å². The third kappa shape index (κ3) is 4.54. The van der Waals surface area contributed by atoms with E-state index < -0.39 is 0 Å². The maximum absolute atomic E-state index is 2.55. The number of rotatable bonds is 5. The van der Waals surface area contributed by atoms with Crippen LogP contribution in [0.5, 0.6) is 0 Å². The molecule has 1 aliphatic rings. The maximum Gasteiger partial charge on any atom is 0.0549 e. The van der Waals surface area contributed by atoms with Crippen molar-refractivity contribution >= 4 is 21.6 Å². The lowest BCUT2D eigenvalue weighted by atomic mass is 10.2. The first-order valence-electron chi connectivity index (χ1n) is 6.03. The van der Waals surface area contributed by atoms with Gasteiger partial charge >= 0.3 is 0 Å². The van der Waals surface area contributed by atoms with Gasteiger partial charge in [-0.25, -0.2) is 0 Å². The van der Waals surface area contributed by atoms with E-state index in [1.807, 2.05) is 21.6 Å². The third-order valence-electron chi connectivity index (χ3n) is 3.07. The summed E-state index contributed by atoms with van der Waals surface area (Å²) in [4.78, 5) is 5.10. The highest BCUT2D eigenvalue weighted by atomic mass is 33.1. The van der Waals surface area contributed by atoms with Crippen molar-refractivity contribution in [3.8, 4) is 0 Å². The van der Waals surface area contributed by atoms with Crippen molar-refractivity contribution in [2.24, 2.45) is 0 Å². The van der Waals surface area contributed by atoms with Crippen LogP contribution >= 0.6 is 21.6 Å². The van der Waals surface area contributed by atoms with Gasteiger partial charge in [-0.1, -0.05) is 51.9 Å². The summed E-state index contributed by atoms with van der Waals surface area (Å²) in [6, 6.07) is 10.8. The zero-order valence-corrected chi connectivity index (χ0v) is 12.0. The summed E-state index contributed by atoms with van der Waals surface area (Å²) in [6.45, 7) is 5.92. The maximum atomic E-state index is 2.55. The van der Waals surface area contributed by atoms with E-state index in [0.29, 0.717) is 0 Å². The molecule has 0 spiro atoms. The van der Waals surface area contributed by atoms with Crippen LogP contribution in [0.3, 0.4) is 0 Å². The van der Waals surface area contributed by atoms with Gasteiger partial charge in [0.25, 0.3) is 0 Å². The molecule has 17 heavy (non-hydrogen) atoms. The minimum atomic E-state index is 1.10. The second kappa shape index (κ2) is 7.31. The topological polar surface area (TPSA) is 6.48 Å². The van der Waals surface area contributed by atoms with Gasteiger partial charge in [0.15, 0.2) is 0 Å². The normalized spacial score (nSPS) is 18.4. The highest BCUT2D eigenvalue weighted by Gasteiger charge is 2.16. The van der Waals surface area contributed by atoms with Crippen LogP contribution in [-0.4, -0.2) is 48.1 Å². The largest absolute Gasteiger partial charge is 0.297 e. The molecule has 0 aliphatic carbocycles. The van der Waals surface area contributed by atoms with Gasteiger partial charge in [-0.3, -0.25) is 9.80 Å². The summed E-state index contributed by atoms with van der Waals surface area (Å²) in [5, 5.41) is 0. The lowest BCUT2D eigenvalue weighted by Gasteiger charge is -2.34. The Kier molecular flexibility index (Phi) is 5.71. The van der Waals surface area contributed by atoms with E-state index in [1.165, 1.54) is 37.6 Å². The Hall–Kier alpha value is -0.160. The summed E-state index contributed by atoms with van der Waals surface area (Å²) in [7, 11) is 3.80. The van der Waals surface area contributed by atoms with E-state index in [-0.39, 0.29) is 0 Å². The summed E-state index contributed by atoms with van der Waals surface area (Å²) in [6.07, 6.45) is 2.15. The third-order valence-corrected chi connectivity index (χ3v) is 4.80. The Balaban J connectivity index is 1.72. The lowest BCUT2D eigenvalue weighted by molar-refractivity contribution is 0.143.